The van der Waals surface area contributed by atoms with E-state index in [4.69, 9.17) is 9.47 Å². The Kier molecular flexibility index (Phi) is 6.82. The van der Waals surface area contributed by atoms with Crippen LogP contribution in [0.15, 0.2) is 60.7 Å². The van der Waals surface area contributed by atoms with E-state index in [1.165, 1.54) is 6.42 Å². The molecule has 190 valence electrons. The summed E-state index contributed by atoms with van der Waals surface area (Å²) in [7, 11) is 0. The van der Waals surface area contributed by atoms with E-state index in [1.54, 1.807) is 30.3 Å². The molecule has 6 heteroatoms. The highest BCUT2D eigenvalue weighted by molar-refractivity contribution is 5.96. The Balaban J connectivity index is 1.43. The Hall–Kier alpha value is -3.95. The number of fused-ring (bicyclic) bond motifs is 1. The van der Waals surface area contributed by atoms with Crippen LogP contribution in [-0.2, 0) is 0 Å². The molecular weight excluding hydrogens is 464 g/mol. The van der Waals surface area contributed by atoms with E-state index in [0.717, 1.165) is 52.6 Å². The zero-order valence-corrected chi connectivity index (χ0v) is 21.4. The molecule has 0 spiro atoms. The summed E-state index contributed by atoms with van der Waals surface area (Å²) >= 11 is 0. The fourth-order valence-corrected chi connectivity index (χ4v) is 5.27. The van der Waals surface area contributed by atoms with Crippen molar-refractivity contribution in [3.05, 3.63) is 82.9 Å². The molecule has 0 saturated carbocycles. The highest BCUT2D eigenvalue weighted by Gasteiger charge is 2.30. The Labute approximate surface area is 218 Å². The Morgan fingerprint density at radius 2 is 1.89 bits per heavy atom. The summed E-state index contributed by atoms with van der Waals surface area (Å²) in [6, 6.07) is 20.4. The molecule has 0 amide bonds. The largest absolute Gasteiger partial charge is 0.508 e. The summed E-state index contributed by atoms with van der Waals surface area (Å²) in [6.45, 7) is 9.38. The normalized spacial score (nSPS) is 20.2. The average molecular weight is 497 g/mol. The number of nitrogens with zero attached hydrogens (tertiary/aromatic N) is 2. The predicted molar refractivity (Wildman–Crippen MR) is 144 cm³/mol. The third-order valence-electron chi connectivity index (χ3n) is 7.46. The average Bonchev–Trinajstić information content (AvgIpc) is 3.34. The molecule has 3 aromatic rings. The van der Waals surface area contributed by atoms with Crippen molar-refractivity contribution in [1.29, 1.82) is 5.26 Å². The number of phenols is 2. The first kappa shape index (κ1) is 24.7. The number of likely N-dealkylation sites (tertiary alicyclic amines) is 1. The molecule has 3 atom stereocenters. The number of ether oxygens (including phenoxy) is 2. The third kappa shape index (κ3) is 5.00. The van der Waals surface area contributed by atoms with Crippen LogP contribution in [0.25, 0.3) is 11.1 Å². The maximum Gasteiger partial charge on any atom is 0.150 e. The first-order valence-corrected chi connectivity index (χ1v) is 12.7. The number of nitriles is 1. The second-order valence-corrected chi connectivity index (χ2v) is 10.2. The number of aromatic hydroxyl groups is 2. The van der Waals surface area contributed by atoms with Crippen molar-refractivity contribution in [2.24, 2.45) is 5.92 Å². The van der Waals surface area contributed by atoms with E-state index < -0.39 is 6.10 Å². The van der Waals surface area contributed by atoms with Gasteiger partial charge < -0.3 is 19.7 Å². The lowest BCUT2D eigenvalue weighted by molar-refractivity contribution is 0.169. The van der Waals surface area contributed by atoms with Crippen molar-refractivity contribution in [2.45, 2.75) is 39.3 Å². The molecule has 2 aliphatic rings. The van der Waals surface area contributed by atoms with E-state index in [0.29, 0.717) is 18.4 Å². The lowest BCUT2D eigenvalue weighted by atomic mass is 9.85. The zero-order valence-electron chi connectivity index (χ0n) is 21.4. The number of allylic oxidation sites excluding steroid dienone is 1. The van der Waals surface area contributed by atoms with Gasteiger partial charge in [-0.2, -0.15) is 5.26 Å². The Morgan fingerprint density at radius 3 is 2.57 bits per heavy atom. The lowest BCUT2D eigenvalue weighted by Gasteiger charge is -2.31. The van der Waals surface area contributed by atoms with Gasteiger partial charge in [-0.25, -0.2) is 0 Å². The van der Waals surface area contributed by atoms with Gasteiger partial charge in [0.1, 0.15) is 41.8 Å². The molecule has 5 rings (SSSR count). The van der Waals surface area contributed by atoms with E-state index in [-0.39, 0.29) is 17.1 Å². The van der Waals surface area contributed by atoms with Crippen LogP contribution in [0.2, 0.25) is 0 Å². The van der Waals surface area contributed by atoms with Gasteiger partial charge in [-0.05, 0) is 91.9 Å². The van der Waals surface area contributed by atoms with Gasteiger partial charge in [0.2, 0.25) is 0 Å². The van der Waals surface area contributed by atoms with Gasteiger partial charge in [0, 0.05) is 23.7 Å². The minimum Gasteiger partial charge on any atom is -0.508 e. The highest BCUT2D eigenvalue weighted by Crippen LogP contribution is 2.48. The van der Waals surface area contributed by atoms with Gasteiger partial charge in [0.05, 0.1) is 5.56 Å². The summed E-state index contributed by atoms with van der Waals surface area (Å²) in [6.07, 6.45) is 0.804. The quantitative estimate of drug-likeness (QED) is 0.426. The number of phenolic OH excluding ortho intramolecular Hbond substituents is 2. The van der Waals surface area contributed by atoms with Crippen LogP contribution in [-0.4, -0.2) is 40.9 Å². The maximum atomic E-state index is 10.4. The molecule has 1 saturated heterocycles. The number of benzene rings is 3. The molecule has 0 aromatic heterocycles. The molecule has 2 aliphatic heterocycles. The van der Waals surface area contributed by atoms with E-state index in [9.17, 15) is 15.5 Å². The molecule has 0 bridgehead atoms. The third-order valence-corrected chi connectivity index (χ3v) is 7.46. The van der Waals surface area contributed by atoms with Crippen molar-refractivity contribution in [2.75, 3.05) is 19.7 Å². The van der Waals surface area contributed by atoms with Gasteiger partial charge in [0.15, 0.2) is 0 Å². The van der Waals surface area contributed by atoms with E-state index in [2.05, 4.69) is 18.7 Å². The Bertz CT molecular complexity index is 1370. The molecule has 37 heavy (non-hydrogen) atoms. The monoisotopic (exact) mass is 496 g/mol. The molecular formula is C31H32N2O4. The van der Waals surface area contributed by atoms with Crippen molar-refractivity contribution in [3.8, 4) is 29.1 Å². The van der Waals surface area contributed by atoms with Crippen LogP contribution in [0.4, 0.5) is 0 Å². The zero-order chi connectivity index (χ0) is 26.1. The molecule has 6 nitrogen and oxygen atoms in total. The molecule has 1 unspecified atom stereocenters. The van der Waals surface area contributed by atoms with Gasteiger partial charge in [0.25, 0.3) is 0 Å². The Morgan fingerprint density at radius 1 is 1.11 bits per heavy atom. The van der Waals surface area contributed by atoms with Crippen molar-refractivity contribution in [3.63, 3.8) is 0 Å². The van der Waals surface area contributed by atoms with Crippen LogP contribution in [0.1, 0.15) is 55.5 Å². The topological polar surface area (TPSA) is 86.0 Å². The first-order chi connectivity index (χ1) is 17.8. The summed E-state index contributed by atoms with van der Waals surface area (Å²) in [5.74, 6) is 2.31. The van der Waals surface area contributed by atoms with Crippen molar-refractivity contribution < 1.29 is 19.7 Å². The van der Waals surface area contributed by atoms with Crippen LogP contribution in [0.5, 0.6) is 23.0 Å². The molecule has 1 fully saturated rings. The van der Waals surface area contributed by atoms with Crippen LogP contribution >= 0.6 is 0 Å². The predicted octanol–water partition coefficient (Wildman–Crippen LogP) is 6.14. The molecule has 3 aromatic carbocycles. The van der Waals surface area contributed by atoms with Crippen LogP contribution in [0.3, 0.4) is 0 Å². The van der Waals surface area contributed by atoms with Crippen LogP contribution < -0.4 is 9.47 Å². The summed E-state index contributed by atoms with van der Waals surface area (Å²) < 4.78 is 12.6. The van der Waals surface area contributed by atoms with Gasteiger partial charge in [-0.1, -0.05) is 25.1 Å². The SMILES string of the molecule is CC1=C(c2ccc(C#N)c(O)c2)C(c2ccc(OC[C@H](C)N3CC[C@@H](C)C3)cc2)Oc2ccc(O)cc21. The number of hydrogen-bond donors (Lipinski definition) is 2. The fraction of sp³-hybridized carbons (Fsp3) is 0.323. The number of rotatable bonds is 6. The number of hydrogen-bond acceptors (Lipinski definition) is 6. The standard InChI is InChI=1S/C31H32N2O4/c1-19-12-13-33(17-19)20(2)18-36-26-9-6-22(7-10-26)31-30(23-4-5-24(16-32)28(35)14-23)21(3)27-15-25(34)8-11-29(27)37-31/h4-11,14-15,19-20,31,34-35H,12-13,17-18H2,1-3H3/t19-,20+,31?/m1/s1. The minimum atomic E-state index is -0.441. The van der Waals surface area contributed by atoms with Gasteiger partial charge >= 0.3 is 0 Å². The van der Waals surface area contributed by atoms with Crippen molar-refractivity contribution >= 4 is 11.1 Å². The molecule has 2 N–H and O–H groups in total. The smallest absolute Gasteiger partial charge is 0.150 e. The summed E-state index contributed by atoms with van der Waals surface area (Å²) in [5, 5.41) is 29.7. The second kappa shape index (κ2) is 10.2. The molecule has 0 aliphatic carbocycles. The summed E-state index contributed by atoms with van der Waals surface area (Å²) in [5.41, 5.74) is 4.49. The van der Waals surface area contributed by atoms with Gasteiger partial charge in [-0.3, -0.25) is 4.90 Å². The van der Waals surface area contributed by atoms with Gasteiger partial charge in [-0.15, -0.1) is 0 Å². The fourth-order valence-electron chi connectivity index (χ4n) is 5.27. The molecule has 0 radical (unpaired) electrons. The van der Waals surface area contributed by atoms with Crippen molar-refractivity contribution in [1.82, 2.24) is 4.90 Å². The maximum absolute atomic E-state index is 10.4. The lowest BCUT2D eigenvalue weighted by Crippen LogP contribution is -2.35. The van der Waals surface area contributed by atoms with E-state index >= 15 is 0 Å². The minimum absolute atomic E-state index is 0.0778. The van der Waals surface area contributed by atoms with Crippen LogP contribution in [0, 0.1) is 17.2 Å². The second-order valence-electron chi connectivity index (χ2n) is 10.2. The van der Waals surface area contributed by atoms with E-state index in [1.807, 2.05) is 43.3 Å². The molecule has 2 heterocycles. The highest BCUT2D eigenvalue weighted by atomic mass is 16.5. The summed E-state index contributed by atoms with van der Waals surface area (Å²) in [4.78, 5) is 2.48. The first-order valence-electron chi connectivity index (χ1n) is 12.7.